The largest absolute Gasteiger partial charge is 0.481 e. The van der Waals surface area contributed by atoms with E-state index in [1.807, 2.05) is 36.1 Å². The Morgan fingerprint density at radius 1 is 1.14 bits per heavy atom. The SMILES string of the molecule is Cc1cccc(OC(C)C(=O)N2CCN(c3ccc(C(F)(F)F)cn3)CC2)c1. The summed E-state index contributed by atoms with van der Waals surface area (Å²) >= 11 is 0. The maximum Gasteiger partial charge on any atom is 0.417 e. The number of aromatic nitrogens is 1. The van der Waals surface area contributed by atoms with Crippen LogP contribution in [-0.4, -0.2) is 48.1 Å². The maximum absolute atomic E-state index is 12.6. The van der Waals surface area contributed by atoms with Crippen molar-refractivity contribution in [2.24, 2.45) is 0 Å². The molecule has 0 bridgehead atoms. The molecule has 28 heavy (non-hydrogen) atoms. The number of rotatable bonds is 4. The van der Waals surface area contributed by atoms with E-state index in [4.69, 9.17) is 4.74 Å². The predicted molar refractivity (Wildman–Crippen MR) is 99.3 cm³/mol. The standard InChI is InChI=1S/C20H22F3N3O2/c1-14-4-3-5-17(12-14)28-15(2)19(27)26-10-8-25(9-11-26)18-7-6-16(13-24-18)20(21,22)23/h3-7,12-13,15H,8-11H2,1-2H3. The Kier molecular flexibility index (Phi) is 5.76. The normalized spacial score (nSPS) is 16.0. The lowest BCUT2D eigenvalue weighted by molar-refractivity contribution is -0.138. The van der Waals surface area contributed by atoms with E-state index in [9.17, 15) is 18.0 Å². The molecule has 0 aliphatic carbocycles. The second-order valence-electron chi connectivity index (χ2n) is 6.79. The summed E-state index contributed by atoms with van der Waals surface area (Å²) < 4.78 is 43.7. The molecule has 8 heteroatoms. The summed E-state index contributed by atoms with van der Waals surface area (Å²) in [6.07, 6.45) is -4.17. The van der Waals surface area contributed by atoms with Crippen molar-refractivity contribution < 1.29 is 22.7 Å². The summed E-state index contributed by atoms with van der Waals surface area (Å²) in [5, 5.41) is 0. The van der Waals surface area contributed by atoms with Crippen molar-refractivity contribution >= 4 is 11.7 Å². The second kappa shape index (κ2) is 8.08. The van der Waals surface area contributed by atoms with E-state index in [1.54, 1.807) is 11.8 Å². The second-order valence-corrected chi connectivity index (χ2v) is 6.79. The molecular formula is C20H22F3N3O2. The smallest absolute Gasteiger partial charge is 0.417 e. The van der Waals surface area contributed by atoms with Crippen LogP contribution in [-0.2, 0) is 11.0 Å². The minimum absolute atomic E-state index is 0.110. The average molecular weight is 393 g/mol. The van der Waals surface area contributed by atoms with Gasteiger partial charge in [-0.05, 0) is 43.7 Å². The van der Waals surface area contributed by atoms with Crippen LogP contribution in [0, 0.1) is 6.92 Å². The van der Waals surface area contributed by atoms with E-state index < -0.39 is 17.8 Å². The maximum atomic E-state index is 12.6. The van der Waals surface area contributed by atoms with Gasteiger partial charge in [0.25, 0.3) is 5.91 Å². The van der Waals surface area contributed by atoms with Gasteiger partial charge in [-0.2, -0.15) is 13.2 Å². The van der Waals surface area contributed by atoms with E-state index in [-0.39, 0.29) is 5.91 Å². The number of ether oxygens (including phenoxy) is 1. The highest BCUT2D eigenvalue weighted by Gasteiger charge is 2.31. The van der Waals surface area contributed by atoms with Gasteiger partial charge in [0.1, 0.15) is 11.6 Å². The van der Waals surface area contributed by atoms with Crippen molar-refractivity contribution in [3.8, 4) is 5.75 Å². The zero-order valence-electron chi connectivity index (χ0n) is 15.7. The number of aryl methyl sites for hydroxylation is 1. The molecule has 2 aromatic rings. The fraction of sp³-hybridized carbons (Fsp3) is 0.400. The molecule has 150 valence electrons. The molecular weight excluding hydrogens is 371 g/mol. The number of pyridine rings is 1. The molecule has 1 aromatic carbocycles. The lowest BCUT2D eigenvalue weighted by Gasteiger charge is -2.36. The van der Waals surface area contributed by atoms with Crippen LogP contribution in [0.5, 0.6) is 5.75 Å². The first-order valence-electron chi connectivity index (χ1n) is 9.04. The fourth-order valence-corrected chi connectivity index (χ4v) is 3.10. The molecule has 1 aliphatic rings. The van der Waals surface area contributed by atoms with Crippen LogP contribution in [0.2, 0.25) is 0 Å². The summed E-state index contributed by atoms with van der Waals surface area (Å²) in [6, 6.07) is 9.90. The van der Waals surface area contributed by atoms with E-state index in [0.29, 0.717) is 37.7 Å². The number of hydrogen-bond donors (Lipinski definition) is 0. The first kappa shape index (κ1) is 20.0. The molecule has 0 spiro atoms. The topological polar surface area (TPSA) is 45.7 Å². The number of carbonyl (C=O) groups is 1. The number of benzene rings is 1. The number of nitrogens with zero attached hydrogens (tertiary/aromatic N) is 3. The lowest BCUT2D eigenvalue weighted by atomic mass is 10.2. The van der Waals surface area contributed by atoms with Gasteiger partial charge < -0.3 is 14.5 Å². The average Bonchev–Trinajstić information content (AvgIpc) is 2.67. The van der Waals surface area contributed by atoms with E-state index >= 15 is 0 Å². The number of hydrogen-bond acceptors (Lipinski definition) is 4. The number of carbonyl (C=O) groups excluding carboxylic acids is 1. The molecule has 5 nitrogen and oxygen atoms in total. The number of anilines is 1. The highest BCUT2D eigenvalue weighted by atomic mass is 19.4. The minimum atomic E-state index is -4.40. The Morgan fingerprint density at radius 3 is 2.43 bits per heavy atom. The summed E-state index contributed by atoms with van der Waals surface area (Å²) in [6.45, 7) is 5.59. The van der Waals surface area contributed by atoms with Gasteiger partial charge in [0.05, 0.1) is 5.56 Å². The van der Waals surface area contributed by atoms with E-state index in [1.165, 1.54) is 6.07 Å². The van der Waals surface area contributed by atoms with Crippen molar-refractivity contribution in [2.45, 2.75) is 26.1 Å². The van der Waals surface area contributed by atoms with Crippen molar-refractivity contribution in [1.29, 1.82) is 0 Å². The van der Waals surface area contributed by atoms with E-state index in [2.05, 4.69) is 4.98 Å². The zero-order chi connectivity index (χ0) is 20.3. The van der Waals surface area contributed by atoms with Crippen molar-refractivity contribution in [3.63, 3.8) is 0 Å². The molecule has 1 unspecified atom stereocenters. The Morgan fingerprint density at radius 2 is 1.86 bits per heavy atom. The molecule has 3 rings (SSSR count). The summed E-state index contributed by atoms with van der Waals surface area (Å²) in [7, 11) is 0. The zero-order valence-corrected chi connectivity index (χ0v) is 15.7. The number of alkyl halides is 3. The van der Waals surface area contributed by atoms with Crippen LogP contribution in [0.3, 0.4) is 0 Å². The molecule has 0 saturated carbocycles. The summed E-state index contributed by atoms with van der Waals surface area (Å²) in [5.41, 5.74) is 0.280. The minimum Gasteiger partial charge on any atom is -0.481 e. The van der Waals surface area contributed by atoms with Crippen LogP contribution in [0.15, 0.2) is 42.6 Å². The van der Waals surface area contributed by atoms with Crippen LogP contribution >= 0.6 is 0 Å². The monoisotopic (exact) mass is 393 g/mol. The third kappa shape index (κ3) is 4.74. The quantitative estimate of drug-likeness (QED) is 0.797. The van der Waals surface area contributed by atoms with Crippen LogP contribution < -0.4 is 9.64 Å². The van der Waals surface area contributed by atoms with Crippen LogP contribution in [0.25, 0.3) is 0 Å². The molecule has 1 atom stereocenters. The van der Waals surface area contributed by atoms with Gasteiger partial charge in [-0.25, -0.2) is 4.98 Å². The summed E-state index contributed by atoms with van der Waals surface area (Å²) in [4.78, 5) is 20.1. The van der Waals surface area contributed by atoms with Gasteiger partial charge in [0.15, 0.2) is 6.10 Å². The molecule has 1 amide bonds. The third-order valence-corrected chi connectivity index (χ3v) is 4.64. The summed E-state index contributed by atoms with van der Waals surface area (Å²) in [5.74, 6) is 1.01. The van der Waals surface area contributed by atoms with Crippen molar-refractivity contribution in [1.82, 2.24) is 9.88 Å². The van der Waals surface area contributed by atoms with E-state index in [0.717, 1.165) is 17.8 Å². The first-order valence-corrected chi connectivity index (χ1v) is 9.04. The van der Waals surface area contributed by atoms with Crippen LogP contribution in [0.1, 0.15) is 18.1 Å². The Labute approximate surface area is 161 Å². The van der Waals surface area contributed by atoms with Gasteiger partial charge in [0.2, 0.25) is 0 Å². The molecule has 0 N–H and O–H groups in total. The van der Waals surface area contributed by atoms with Gasteiger partial charge in [-0.3, -0.25) is 4.79 Å². The third-order valence-electron chi connectivity index (χ3n) is 4.64. The fourth-order valence-electron chi connectivity index (χ4n) is 3.10. The Balaban J connectivity index is 1.55. The van der Waals surface area contributed by atoms with Crippen LogP contribution in [0.4, 0.5) is 19.0 Å². The lowest BCUT2D eigenvalue weighted by Crippen LogP contribution is -2.52. The van der Waals surface area contributed by atoms with Gasteiger partial charge in [-0.1, -0.05) is 12.1 Å². The number of piperazine rings is 1. The molecule has 0 radical (unpaired) electrons. The molecule has 2 heterocycles. The molecule has 1 fully saturated rings. The molecule has 1 aliphatic heterocycles. The number of amides is 1. The predicted octanol–water partition coefficient (Wildman–Crippen LogP) is 3.52. The van der Waals surface area contributed by atoms with Crippen molar-refractivity contribution in [3.05, 3.63) is 53.7 Å². The Bertz CT molecular complexity index is 816. The Hall–Kier alpha value is -2.77. The first-order chi connectivity index (χ1) is 13.2. The molecule has 1 aromatic heterocycles. The highest BCUT2D eigenvalue weighted by Crippen LogP contribution is 2.29. The van der Waals surface area contributed by atoms with Crippen molar-refractivity contribution in [2.75, 3.05) is 31.1 Å². The highest BCUT2D eigenvalue weighted by molar-refractivity contribution is 5.81. The number of halogens is 3. The van der Waals surface area contributed by atoms with Gasteiger partial charge >= 0.3 is 6.18 Å². The molecule has 1 saturated heterocycles. The van der Waals surface area contributed by atoms with Gasteiger partial charge in [-0.15, -0.1) is 0 Å². The van der Waals surface area contributed by atoms with Gasteiger partial charge in [0, 0.05) is 32.4 Å².